The van der Waals surface area contributed by atoms with Crippen molar-refractivity contribution in [3.63, 3.8) is 0 Å². The van der Waals surface area contributed by atoms with Gasteiger partial charge in [0.15, 0.2) is 0 Å². The maximum Gasteiger partial charge on any atom is 0.225 e. The molecule has 0 bridgehead atoms. The Hall–Kier alpha value is -1.69. The summed E-state index contributed by atoms with van der Waals surface area (Å²) in [5.74, 6) is 1.02. The molecule has 2 rings (SSSR count). The van der Waals surface area contributed by atoms with Gasteiger partial charge < -0.3 is 15.0 Å². The molecule has 1 aromatic heterocycles. The third-order valence-corrected chi connectivity index (χ3v) is 2.81. The Morgan fingerprint density at radius 1 is 1.37 bits per heavy atom. The van der Waals surface area contributed by atoms with E-state index >= 15 is 0 Å². The lowest BCUT2D eigenvalue weighted by molar-refractivity contribution is -0.116. The molecule has 0 aromatic carbocycles. The predicted octanol–water partition coefficient (Wildman–Crippen LogP) is 1.30. The van der Waals surface area contributed by atoms with Gasteiger partial charge in [-0.25, -0.2) is 9.97 Å². The average Bonchev–Trinajstić information content (AvgIpc) is 2.39. The first kappa shape index (κ1) is 13.7. The van der Waals surface area contributed by atoms with Crippen molar-refractivity contribution in [3.05, 3.63) is 12.4 Å². The van der Waals surface area contributed by atoms with Crippen LogP contribution in [0, 0.1) is 5.92 Å². The quantitative estimate of drug-likeness (QED) is 0.887. The maximum absolute atomic E-state index is 11.6. The number of carbonyl (C=O) groups excluding carboxylic acids is 1. The second kappa shape index (κ2) is 6.47. The highest BCUT2D eigenvalue weighted by Gasteiger charge is 2.13. The zero-order valence-electron chi connectivity index (χ0n) is 11.4. The Morgan fingerprint density at radius 3 is 2.58 bits per heavy atom. The van der Waals surface area contributed by atoms with Gasteiger partial charge in [0.05, 0.1) is 31.3 Å². The van der Waals surface area contributed by atoms with Crippen molar-refractivity contribution in [1.82, 2.24) is 9.97 Å². The number of aromatic nitrogens is 2. The maximum atomic E-state index is 11.6. The van der Waals surface area contributed by atoms with Gasteiger partial charge >= 0.3 is 0 Å². The van der Waals surface area contributed by atoms with E-state index in [1.54, 1.807) is 12.4 Å². The number of hydrogen-bond donors (Lipinski definition) is 1. The molecular weight excluding hydrogens is 244 g/mol. The van der Waals surface area contributed by atoms with Crippen molar-refractivity contribution in [2.45, 2.75) is 20.3 Å². The zero-order chi connectivity index (χ0) is 13.7. The molecular formula is C13H20N4O2. The summed E-state index contributed by atoms with van der Waals surface area (Å²) in [6.07, 6.45) is 3.80. The minimum absolute atomic E-state index is 0.00211. The molecule has 104 valence electrons. The summed E-state index contributed by atoms with van der Waals surface area (Å²) in [4.78, 5) is 22.2. The second-order valence-corrected chi connectivity index (χ2v) is 5.02. The van der Waals surface area contributed by atoms with Gasteiger partial charge in [-0.2, -0.15) is 0 Å². The molecule has 19 heavy (non-hydrogen) atoms. The SMILES string of the molecule is CC(C)CC(=O)Nc1cnc(N2CCOCC2)nc1. The number of morpholine rings is 1. The van der Waals surface area contributed by atoms with E-state index in [-0.39, 0.29) is 5.91 Å². The summed E-state index contributed by atoms with van der Waals surface area (Å²) in [5, 5.41) is 2.80. The molecule has 0 atom stereocenters. The number of anilines is 2. The lowest BCUT2D eigenvalue weighted by Crippen LogP contribution is -2.37. The molecule has 6 nitrogen and oxygen atoms in total. The van der Waals surface area contributed by atoms with E-state index in [1.807, 2.05) is 13.8 Å². The summed E-state index contributed by atoms with van der Waals surface area (Å²) in [6.45, 7) is 7.04. The number of nitrogens with zero attached hydrogens (tertiary/aromatic N) is 3. The van der Waals surface area contributed by atoms with Crippen molar-refractivity contribution in [2.75, 3.05) is 36.5 Å². The van der Waals surface area contributed by atoms with Crippen LogP contribution >= 0.6 is 0 Å². The molecule has 0 radical (unpaired) electrons. The standard InChI is InChI=1S/C13H20N4O2/c1-10(2)7-12(18)16-11-8-14-13(15-9-11)17-3-5-19-6-4-17/h8-10H,3-7H2,1-2H3,(H,16,18). The molecule has 1 aromatic rings. The smallest absolute Gasteiger partial charge is 0.225 e. The molecule has 2 heterocycles. The molecule has 1 amide bonds. The molecule has 1 aliphatic rings. The van der Waals surface area contributed by atoms with E-state index < -0.39 is 0 Å². The van der Waals surface area contributed by atoms with Crippen LogP contribution in [-0.2, 0) is 9.53 Å². The molecule has 6 heteroatoms. The number of carbonyl (C=O) groups is 1. The highest BCUT2D eigenvalue weighted by molar-refractivity contribution is 5.90. The Balaban J connectivity index is 1.92. The van der Waals surface area contributed by atoms with Crippen LogP contribution in [0.4, 0.5) is 11.6 Å². The molecule has 0 aliphatic carbocycles. The minimum atomic E-state index is -0.00211. The number of hydrogen-bond acceptors (Lipinski definition) is 5. The van der Waals surface area contributed by atoms with E-state index in [9.17, 15) is 4.79 Å². The molecule has 0 saturated carbocycles. The number of ether oxygens (including phenoxy) is 1. The van der Waals surface area contributed by atoms with Crippen molar-refractivity contribution in [2.24, 2.45) is 5.92 Å². The Labute approximate surface area is 113 Å². The van der Waals surface area contributed by atoms with Crippen molar-refractivity contribution in [3.8, 4) is 0 Å². The molecule has 0 unspecified atom stereocenters. The van der Waals surface area contributed by atoms with E-state index in [0.29, 0.717) is 37.2 Å². The largest absolute Gasteiger partial charge is 0.378 e. The van der Waals surface area contributed by atoms with Gasteiger partial charge in [0.25, 0.3) is 0 Å². The Morgan fingerprint density at radius 2 is 2.00 bits per heavy atom. The minimum Gasteiger partial charge on any atom is -0.378 e. The van der Waals surface area contributed by atoms with Gasteiger partial charge in [-0.3, -0.25) is 4.79 Å². The first-order valence-corrected chi connectivity index (χ1v) is 6.60. The van der Waals surface area contributed by atoms with Gasteiger partial charge in [-0.05, 0) is 5.92 Å². The summed E-state index contributed by atoms with van der Waals surface area (Å²) in [5.41, 5.74) is 0.641. The van der Waals surface area contributed by atoms with Crippen LogP contribution in [-0.4, -0.2) is 42.2 Å². The van der Waals surface area contributed by atoms with Gasteiger partial charge in [0.2, 0.25) is 11.9 Å². The van der Waals surface area contributed by atoms with E-state index in [4.69, 9.17) is 4.74 Å². The van der Waals surface area contributed by atoms with Crippen LogP contribution in [0.1, 0.15) is 20.3 Å². The van der Waals surface area contributed by atoms with Crippen molar-refractivity contribution < 1.29 is 9.53 Å². The van der Waals surface area contributed by atoms with Gasteiger partial charge in [-0.1, -0.05) is 13.8 Å². The first-order valence-electron chi connectivity index (χ1n) is 6.60. The lowest BCUT2D eigenvalue weighted by atomic mass is 10.1. The number of nitrogens with one attached hydrogen (secondary N) is 1. The fourth-order valence-electron chi connectivity index (χ4n) is 1.90. The molecule has 1 fully saturated rings. The number of rotatable bonds is 4. The highest BCUT2D eigenvalue weighted by Crippen LogP contribution is 2.12. The van der Waals surface area contributed by atoms with Crippen molar-refractivity contribution in [1.29, 1.82) is 0 Å². The Kier molecular flexibility index (Phi) is 4.68. The van der Waals surface area contributed by atoms with E-state index in [1.165, 1.54) is 0 Å². The third-order valence-electron chi connectivity index (χ3n) is 2.81. The summed E-state index contributed by atoms with van der Waals surface area (Å²) < 4.78 is 5.28. The normalized spacial score (nSPS) is 15.6. The third kappa shape index (κ3) is 4.17. The predicted molar refractivity (Wildman–Crippen MR) is 73.1 cm³/mol. The summed E-state index contributed by atoms with van der Waals surface area (Å²) >= 11 is 0. The fourth-order valence-corrected chi connectivity index (χ4v) is 1.90. The van der Waals surface area contributed by atoms with Gasteiger partial charge in [0, 0.05) is 19.5 Å². The van der Waals surface area contributed by atoms with E-state index in [2.05, 4.69) is 20.2 Å². The number of amides is 1. The van der Waals surface area contributed by atoms with Crippen LogP contribution in [0.3, 0.4) is 0 Å². The van der Waals surface area contributed by atoms with Crippen LogP contribution in [0.2, 0.25) is 0 Å². The van der Waals surface area contributed by atoms with Gasteiger partial charge in [0.1, 0.15) is 0 Å². The Bertz CT molecular complexity index is 413. The molecule has 1 aliphatic heterocycles. The first-order chi connectivity index (χ1) is 9.15. The lowest BCUT2D eigenvalue weighted by Gasteiger charge is -2.26. The van der Waals surface area contributed by atoms with E-state index in [0.717, 1.165) is 13.1 Å². The molecule has 0 spiro atoms. The van der Waals surface area contributed by atoms with Gasteiger partial charge in [-0.15, -0.1) is 0 Å². The van der Waals surface area contributed by atoms with Crippen LogP contribution < -0.4 is 10.2 Å². The highest BCUT2D eigenvalue weighted by atomic mass is 16.5. The summed E-state index contributed by atoms with van der Waals surface area (Å²) in [7, 11) is 0. The fraction of sp³-hybridized carbons (Fsp3) is 0.615. The monoisotopic (exact) mass is 264 g/mol. The zero-order valence-corrected chi connectivity index (χ0v) is 11.4. The van der Waals surface area contributed by atoms with Crippen LogP contribution in [0.5, 0.6) is 0 Å². The summed E-state index contributed by atoms with van der Waals surface area (Å²) in [6, 6.07) is 0. The van der Waals surface area contributed by atoms with Crippen LogP contribution in [0.25, 0.3) is 0 Å². The topological polar surface area (TPSA) is 67.4 Å². The van der Waals surface area contributed by atoms with Crippen molar-refractivity contribution >= 4 is 17.5 Å². The second-order valence-electron chi connectivity index (χ2n) is 5.02. The molecule has 1 N–H and O–H groups in total. The average molecular weight is 264 g/mol. The van der Waals surface area contributed by atoms with Crippen LogP contribution in [0.15, 0.2) is 12.4 Å². The molecule has 1 saturated heterocycles.